The summed E-state index contributed by atoms with van der Waals surface area (Å²) >= 11 is 0. The second kappa shape index (κ2) is 6.88. The summed E-state index contributed by atoms with van der Waals surface area (Å²) in [5.74, 6) is 0. The van der Waals surface area contributed by atoms with Crippen LogP contribution in [-0.4, -0.2) is 42.0 Å². The lowest BCUT2D eigenvalue weighted by Gasteiger charge is -2.28. The van der Waals surface area contributed by atoms with Crippen LogP contribution in [0.5, 0.6) is 0 Å². The van der Waals surface area contributed by atoms with E-state index in [1.165, 1.54) is 17.0 Å². The highest BCUT2D eigenvalue weighted by atomic mass is 32.2. The summed E-state index contributed by atoms with van der Waals surface area (Å²) in [5, 5.41) is 20.2. The summed E-state index contributed by atoms with van der Waals surface area (Å²) in [6, 6.07) is 10.7. The third-order valence-corrected chi connectivity index (χ3v) is 6.24. The van der Waals surface area contributed by atoms with Crippen LogP contribution in [0.3, 0.4) is 0 Å². The number of amides is 1. The van der Waals surface area contributed by atoms with Crippen LogP contribution in [0.2, 0.25) is 0 Å². The predicted molar refractivity (Wildman–Crippen MR) is 97.1 cm³/mol. The van der Waals surface area contributed by atoms with Gasteiger partial charge in [-0.2, -0.15) is 0 Å². The molecule has 3 rings (SSSR count). The molecular weight excluding hydrogens is 374 g/mol. The summed E-state index contributed by atoms with van der Waals surface area (Å²) in [5.41, 5.74) is 0.747. The molecule has 1 heterocycles. The molecule has 27 heavy (non-hydrogen) atoms. The first-order valence-electron chi connectivity index (χ1n) is 8.06. The highest BCUT2D eigenvalue weighted by Crippen LogP contribution is 2.32. The normalized spacial score (nSPS) is 17.1. The molecule has 2 aromatic carbocycles. The molecule has 0 spiro atoms. The van der Waals surface area contributed by atoms with E-state index in [2.05, 4.69) is 0 Å². The second-order valence-corrected chi connectivity index (χ2v) is 8.04. The van der Waals surface area contributed by atoms with Gasteiger partial charge in [0.15, 0.2) is 0 Å². The van der Waals surface area contributed by atoms with Gasteiger partial charge < -0.3 is 5.11 Å². The fourth-order valence-electron chi connectivity index (χ4n) is 3.01. The Morgan fingerprint density at radius 2 is 1.81 bits per heavy atom. The standard InChI is InChI=1S/C17H17N3O6S/c1-12-10-19(16-5-3-2-4-13(16)11-18(12)17(21)22)27(25,26)15-8-6-14(7-9-15)20(23)24/h2-9,12H,10-11H2,1H3,(H,21,22)/t12-/m1/s1. The zero-order valence-electron chi connectivity index (χ0n) is 14.3. The minimum atomic E-state index is -4.03. The number of sulfonamides is 1. The number of anilines is 1. The molecule has 0 aromatic heterocycles. The fraction of sp³-hybridized carbons (Fsp3) is 0.235. The number of nitro benzene ring substituents is 1. The summed E-state index contributed by atoms with van der Waals surface area (Å²) in [4.78, 5) is 22.8. The van der Waals surface area contributed by atoms with Crippen molar-refractivity contribution in [1.82, 2.24) is 4.90 Å². The molecule has 0 bridgehead atoms. The van der Waals surface area contributed by atoms with Crippen molar-refractivity contribution in [2.75, 3.05) is 10.8 Å². The zero-order valence-corrected chi connectivity index (χ0v) is 15.2. The first kappa shape index (κ1) is 18.6. The van der Waals surface area contributed by atoms with Crippen LogP contribution in [0.25, 0.3) is 0 Å². The molecule has 1 N–H and O–H groups in total. The van der Waals surface area contributed by atoms with E-state index < -0.39 is 27.1 Å². The monoisotopic (exact) mass is 391 g/mol. The quantitative estimate of drug-likeness (QED) is 0.634. The van der Waals surface area contributed by atoms with Crippen LogP contribution in [-0.2, 0) is 16.6 Å². The topological polar surface area (TPSA) is 121 Å². The number of nitro groups is 1. The van der Waals surface area contributed by atoms with E-state index in [0.29, 0.717) is 11.3 Å². The van der Waals surface area contributed by atoms with E-state index in [9.17, 15) is 28.4 Å². The fourth-order valence-corrected chi connectivity index (χ4v) is 4.60. The second-order valence-electron chi connectivity index (χ2n) is 6.18. The van der Waals surface area contributed by atoms with Crippen molar-refractivity contribution in [2.24, 2.45) is 0 Å². The molecule has 1 aliphatic heterocycles. The molecule has 2 aromatic rings. The number of non-ortho nitro benzene ring substituents is 1. The van der Waals surface area contributed by atoms with Gasteiger partial charge in [-0.1, -0.05) is 18.2 Å². The maximum absolute atomic E-state index is 13.2. The van der Waals surface area contributed by atoms with Gasteiger partial charge >= 0.3 is 6.09 Å². The van der Waals surface area contributed by atoms with Crippen molar-refractivity contribution < 1.29 is 23.2 Å². The lowest BCUT2D eigenvalue weighted by molar-refractivity contribution is -0.384. The molecule has 0 aliphatic carbocycles. The Hall–Kier alpha value is -3.14. The average Bonchev–Trinajstić information content (AvgIpc) is 2.79. The number of hydrogen-bond donors (Lipinski definition) is 1. The predicted octanol–water partition coefficient (Wildman–Crippen LogP) is 2.67. The molecule has 0 unspecified atom stereocenters. The molecule has 1 atom stereocenters. The molecule has 1 aliphatic rings. The number of rotatable bonds is 3. The van der Waals surface area contributed by atoms with Crippen LogP contribution in [0.15, 0.2) is 53.4 Å². The molecule has 0 saturated carbocycles. The van der Waals surface area contributed by atoms with Crippen molar-refractivity contribution in [1.29, 1.82) is 0 Å². The van der Waals surface area contributed by atoms with Crippen LogP contribution in [0.4, 0.5) is 16.2 Å². The minimum Gasteiger partial charge on any atom is -0.465 e. The number of hydrogen-bond acceptors (Lipinski definition) is 5. The van der Waals surface area contributed by atoms with Gasteiger partial charge in [-0.15, -0.1) is 0 Å². The largest absolute Gasteiger partial charge is 0.465 e. The van der Waals surface area contributed by atoms with Gasteiger partial charge in [0.25, 0.3) is 15.7 Å². The minimum absolute atomic E-state index is 0.0668. The number of carboxylic acid groups (broad SMARTS) is 1. The Balaban J connectivity index is 2.08. The lowest BCUT2D eigenvalue weighted by atomic mass is 10.2. The smallest absolute Gasteiger partial charge is 0.407 e. The van der Waals surface area contributed by atoms with Crippen LogP contribution in [0, 0.1) is 10.1 Å². The molecule has 10 heteroatoms. The maximum atomic E-state index is 13.2. The Morgan fingerprint density at radius 3 is 2.41 bits per heavy atom. The summed E-state index contributed by atoms with van der Waals surface area (Å²) in [7, 11) is -4.03. The van der Waals surface area contributed by atoms with Crippen LogP contribution < -0.4 is 4.31 Å². The lowest BCUT2D eigenvalue weighted by Crippen LogP contribution is -2.43. The van der Waals surface area contributed by atoms with E-state index in [1.807, 2.05) is 0 Å². The molecular formula is C17H17N3O6S. The maximum Gasteiger partial charge on any atom is 0.407 e. The number of fused-ring (bicyclic) bond motifs is 1. The Kier molecular flexibility index (Phi) is 4.75. The summed E-state index contributed by atoms with van der Waals surface area (Å²) in [6.45, 7) is 1.64. The highest BCUT2D eigenvalue weighted by Gasteiger charge is 2.34. The summed E-state index contributed by atoms with van der Waals surface area (Å²) < 4.78 is 27.6. The van der Waals surface area contributed by atoms with Gasteiger partial charge in [0.05, 0.1) is 34.6 Å². The van der Waals surface area contributed by atoms with E-state index >= 15 is 0 Å². The Bertz CT molecular complexity index is 990. The number of para-hydroxylation sites is 1. The Labute approximate surface area is 155 Å². The third kappa shape index (κ3) is 3.43. The van der Waals surface area contributed by atoms with Gasteiger partial charge in [0, 0.05) is 12.1 Å². The van der Waals surface area contributed by atoms with Gasteiger partial charge in [-0.05, 0) is 30.7 Å². The van der Waals surface area contributed by atoms with Gasteiger partial charge in [0.2, 0.25) is 0 Å². The van der Waals surface area contributed by atoms with Crippen LogP contribution >= 0.6 is 0 Å². The number of nitrogens with zero attached hydrogens (tertiary/aromatic N) is 3. The summed E-state index contributed by atoms with van der Waals surface area (Å²) in [6.07, 6.45) is -1.13. The molecule has 9 nitrogen and oxygen atoms in total. The first-order chi connectivity index (χ1) is 12.7. The van der Waals surface area contributed by atoms with E-state index in [-0.39, 0.29) is 23.7 Å². The SMILES string of the molecule is C[C@@H]1CN(S(=O)(=O)c2ccc([N+](=O)[O-])cc2)c2ccccc2CN1C(=O)O. The first-order valence-corrected chi connectivity index (χ1v) is 9.50. The van der Waals surface area contributed by atoms with Crippen LogP contribution in [0.1, 0.15) is 12.5 Å². The average molecular weight is 391 g/mol. The van der Waals surface area contributed by atoms with Crippen molar-refractivity contribution in [2.45, 2.75) is 24.4 Å². The van der Waals surface area contributed by atoms with E-state index in [4.69, 9.17) is 0 Å². The number of benzene rings is 2. The molecule has 1 amide bonds. The highest BCUT2D eigenvalue weighted by molar-refractivity contribution is 7.92. The van der Waals surface area contributed by atoms with E-state index in [0.717, 1.165) is 16.4 Å². The van der Waals surface area contributed by atoms with E-state index in [1.54, 1.807) is 31.2 Å². The third-order valence-electron chi connectivity index (χ3n) is 4.44. The zero-order chi connectivity index (χ0) is 19.8. The van der Waals surface area contributed by atoms with Crippen molar-refractivity contribution in [3.8, 4) is 0 Å². The number of carbonyl (C=O) groups is 1. The Morgan fingerprint density at radius 1 is 1.19 bits per heavy atom. The van der Waals surface area contributed by atoms with Gasteiger partial charge in [0.1, 0.15) is 0 Å². The van der Waals surface area contributed by atoms with Crippen molar-refractivity contribution in [3.05, 3.63) is 64.2 Å². The molecule has 0 radical (unpaired) electrons. The van der Waals surface area contributed by atoms with Crippen molar-refractivity contribution in [3.63, 3.8) is 0 Å². The molecule has 142 valence electrons. The molecule has 0 saturated heterocycles. The van der Waals surface area contributed by atoms with Gasteiger partial charge in [-0.3, -0.25) is 19.3 Å². The van der Waals surface area contributed by atoms with Gasteiger partial charge in [-0.25, -0.2) is 13.2 Å². The molecule has 0 fully saturated rings. The van der Waals surface area contributed by atoms with Crippen molar-refractivity contribution >= 4 is 27.5 Å².